The highest BCUT2D eigenvalue weighted by atomic mass is 16.4. The third kappa shape index (κ3) is 3.03. The van der Waals surface area contributed by atoms with Crippen molar-refractivity contribution in [1.29, 1.82) is 0 Å². The van der Waals surface area contributed by atoms with E-state index in [2.05, 4.69) is 15.5 Å². The molecule has 1 aromatic heterocycles. The van der Waals surface area contributed by atoms with Gasteiger partial charge in [0.05, 0.1) is 6.04 Å². The average molecular weight is 274 g/mol. The summed E-state index contributed by atoms with van der Waals surface area (Å²) in [7, 11) is 0. The van der Waals surface area contributed by atoms with E-state index >= 15 is 0 Å². The molecule has 106 valence electrons. The van der Waals surface area contributed by atoms with Gasteiger partial charge in [-0.1, -0.05) is 13.8 Å². The molecule has 20 heavy (non-hydrogen) atoms. The van der Waals surface area contributed by atoms with Crippen molar-refractivity contribution in [2.75, 3.05) is 5.32 Å². The molecule has 0 aliphatic rings. The number of hydrogen-bond donors (Lipinski definition) is 2. The van der Waals surface area contributed by atoms with Crippen LogP contribution in [0.1, 0.15) is 19.4 Å². The molecular weight excluding hydrogens is 256 g/mol. The van der Waals surface area contributed by atoms with Crippen LogP contribution >= 0.6 is 0 Å². The van der Waals surface area contributed by atoms with Gasteiger partial charge >= 0.3 is 0 Å². The Labute approximate surface area is 117 Å². The Hall–Kier alpha value is -2.21. The molecule has 0 bridgehead atoms. The Bertz CT molecular complexity index is 593. The third-order valence-corrected chi connectivity index (χ3v) is 3.11. The summed E-state index contributed by atoms with van der Waals surface area (Å²) in [5.41, 5.74) is 8.27. The second-order valence-corrected chi connectivity index (χ2v) is 5.03. The molecule has 6 heteroatoms. The predicted octanol–water partition coefficient (Wildman–Crippen LogP) is 1.97. The first-order chi connectivity index (χ1) is 9.49. The highest BCUT2D eigenvalue weighted by Gasteiger charge is 2.18. The number of anilines is 1. The van der Waals surface area contributed by atoms with Crippen LogP contribution in [0.3, 0.4) is 0 Å². The maximum atomic E-state index is 11.9. The van der Waals surface area contributed by atoms with Crippen molar-refractivity contribution < 1.29 is 9.21 Å². The summed E-state index contributed by atoms with van der Waals surface area (Å²) in [4.78, 5) is 11.9. The predicted molar refractivity (Wildman–Crippen MR) is 75.9 cm³/mol. The van der Waals surface area contributed by atoms with Crippen molar-refractivity contribution in [3.05, 3.63) is 30.2 Å². The minimum atomic E-state index is -0.523. The molecule has 0 unspecified atom stereocenters. The van der Waals surface area contributed by atoms with E-state index in [4.69, 9.17) is 10.2 Å². The van der Waals surface area contributed by atoms with Crippen LogP contribution in [-0.2, 0) is 4.79 Å². The lowest BCUT2D eigenvalue weighted by atomic mass is 10.0. The molecule has 0 saturated carbocycles. The van der Waals surface area contributed by atoms with Crippen LogP contribution in [0.2, 0.25) is 0 Å². The smallest absolute Gasteiger partial charge is 0.247 e. The van der Waals surface area contributed by atoms with Gasteiger partial charge in [-0.25, -0.2) is 0 Å². The highest BCUT2D eigenvalue weighted by Crippen LogP contribution is 2.23. The van der Waals surface area contributed by atoms with E-state index in [0.717, 1.165) is 16.8 Å². The number of benzene rings is 1. The summed E-state index contributed by atoms with van der Waals surface area (Å²) in [6.45, 7) is 5.72. The van der Waals surface area contributed by atoms with Crippen molar-refractivity contribution >= 4 is 11.6 Å². The van der Waals surface area contributed by atoms with Crippen LogP contribution in [0.5, 0.6) is 0 Å². The zero-order chi connectivity index (χ0) is 14.7. The molecule has 1 aromatic carbocycles. The monoisotopic (exact) mass is 274 g/mol. The van der Waals surface area contributed by atoms with Crippen molar-refractivity contribution in [3.8, 4) is 11.5 Å². The maximum absolute atomic E-state index is 11.9. The lowest BCUT2D eigenvalue weighted by Gasteiger charge is -2.16. The number of amides is 1. The number of nitrogens with zero attached hydrogens (tertiary/aromatic N) is 2. The number of carbonyl (C=O) groups is 1. The van der Waals surface area contributed by atoms with E-state index in [1.807, 2.05) is 32.9 Å². The highest BCUT2D eigenvalue weighted by molar-refractivity contribution is 5.95. The Balaban J connectivity index is 2.16. The van der Waals surface area contributed by atoms with Gasteiger partial charge in [0.2, 0.25) is 18.2 Å². The summed E-state index contributed by atoms with van der Waals surface area (Å²) in [5, 5.41) is 10.3. The number of aromatic nitrogens is 2. The minimum absolute atomic E-state index is 0.0907. The molecule has 2 rings (SSSR count). The van der Waals surface area contributed by atoms with Crippen LogP contribution in [0, 0.1) is 12.8 Å². The van der Waals surface area contributed by atoms with Crippen LogP contribution < -0.4 is 11.1 Å². The summed E-state index contributed by atoms with van der Waals surface area (Å²) in [5.74, 6) is 0.353. The molecule has 6 nitrogen and oxygen atoms in total. The molecule has 0 aliphatic carbocycles. The third-order valence-electron chi connectivity index (χ3n) is 3.11. The lowest BCUT2D eigenvalue weighted by molar-refractivity contribution is -0.118. The molecule has 0 aliphatic heterocycles. The van der Waals surface area contributed by atoms with Gasteiger partial charge < -0.3 is 15.5 Å². The quantitative estimate of drug-likeness (QED) is 0.888. The Kier molecular flexibility index (Phi) is 4.14. The molecule has 1 atom stereocenters. The van der Waals surface area contributed by atoms with E-state index in [1.54, 1.807) is 6.07 Å². The number of rotatable bonds is 4. The zero-order valence-corrected chi connectivity index (χ0v) is 11.8. The molecule has 1 heterocycles. The van der Waals surface area contributed by atoms with Gasteiger partial charge in [0.15, 0.2) is 0 Å². The number of carbonyl (C=O) groups excluding carboxylic acids is 1. The topological polar surface area (TPSA) is 94.0 Å². The van der Waals surface area contributed by atoms with Gasteiger partial charge in [-0.05, 0) is 36.6 Å². The Morgan fingerprint density at radius 3 is 2.70 bits per heavy atom. The molecule has 0 radical (unpaired) electrons. The van der Waals surface area contributed by atoms with Crippen LogP contribution in [0.15, 0.2) is 29.0 Å². The summed E-state index contributed by atoms with van der Waals surface area (Å²) >= 11 is 0. The van der Waals surface area contributed by atoms with Gasteiger partial charge in [0.1, 0.15) is 0 Å². The Morgan fingerprint density at radius 1 is 1.40 bits per heavy atom. The van der Waals surface area contributed by atoms with E-state index < -0.39 is 6.04 Å². The fourth-order valence-electron chi connectivity index (χ4n) is 1.75. The van der Waals surface area contributed by atoms with Crippen molar-refractivity contribution in [1.82, 2.24) is 10.2 Å². The first kappa shape index (κ1) is 14.2. The summed E-state index contributed by atoms with van der Waals surface area (Å²) in [6.07, 6.45) is 1.28. The van der Waals surface area contributed by atoms with Crippen LogP contribution in [-0.4, -0.2) is 22.1 Å². The van der Waals surface area contributed by atoms with Gasteiger partial charge in [0, 0.05) is 11.3 Å². The summed E-state index contributed by atoms with van der Waals surface area (Å²) < 4.78 is 5.14. The molecule has 0 spiro atoms. The molecule has 2 aromatic rings. The normalized spacial score (nSPS) is 12.4. The average Bonchev–Trinajstić information content (AvgIpc) is 2.93. The fourth-order valence-corrected chi connectivity index (χ4v) is 1.75. The number of aryl methyl sites for hydroxylation is 1. The minimum Gasteiger partial charge on any atom is -0.423 e. The largest absolute Gasteiger partial charge is 0.423 e. The molecule has 0 saturated heterocycles. The molecule has 3 N–H and O–H groups in total. The first-order valence-corrected chi connectivity index (χ1v) is 6.42. The molecule has 0 fully saturated rings. The first-order valence-electron chi connectivity index (χ1n) is 6.42. The Morgan fingerprint density at radius 2 is 2.15 bits per heavy atom. The number of nitrogens with one attached hydrogen (secondary N) is 1. The van der Waals surface area contributed by atoms with E-state index in [1.165, 1.54) is 6.39 Å². The van der Waals surface area contributed by atoms with Crippen molar-refractivity contribution in [2.45, 2.75) is 26.8 Å². The molecule has 1 amide bonds. The SMILES string of the molecule is Cc1cc(-c2nnco2)ccc1NC(=O)[C@H](N)C(C)C. The fraction of sp³-hybridized carbons (Fsp3) is 0.357. The molecular formula is C14H18N4O2. The van der Waals surface area contributed by atoms with Crippen molar-refractivity contribution in [3.63, 3.8) is 0 Å². The lowest BCUT2D eigenvalue weighted by Crippen LogP contribution is -2.39. The van der Waals surface area contributed by atoms with Crippen LogP contribution in [0.25, 0.3) is 11.5 Å². The summed E-state index contributed by atoms with van der Waals surface area (Å²) in [6, 6.07) is 4.98. The second kappa shape index (κ2) is 5.83. The van der Waals surface area contributed by atoms with E-state index in [-0.39, 0.29) is 11.8 Å². The van der Waals surface area contributed by atoms with Gasteiger partial charge in [-0.15, -0.1) is 10.2 Å². The second-order valence-electron chi connectivity index (χ2n) is 5.03. The standard InChI is InChI=1S/C14H18N4O2/c1-8(2)12(15)13(19)17-11-5-4-10(6-9(11)3)14-18-16-7-20-14/h4-8,12H,15H2,1-3H3,(H,17,19)/t12-/m1/s1. The number of hydrogen-bond acceptors (Lipinski definition) is 5. The van der Waals surface area contributed by atoms with Crippen LogP contribution in [0.4, 0.5) is 5.69 Å². The zero-order valence-electron chi connectivity index (χ0n) is 11.8. The van der Waals surface area contributed by atoms with E-state index in [9.17, 15) is 4.79 Å². The number of nitrogens with two attached hydrogens (primary N) is 1. The van der Waals surface area contributed by atoms with Gasteiger partial charge in [0.25, 0.3) is 0 Å². The van der Waals surface area contributed by atoms with Gasteiger partial charge in [-0.3, -0.25) is 4.79 Å². The maximum Gasteiger partial charge on any atom is 0.247 e. The van der Waals surface area contributed by atoms with Gasteiger partial charge in [-0.2, -0.15) is 0 Å². The van der Waals surface area contributed by atoms with Crippen molar-refractivity contribution in [2.24, 2.45) is 11.7 Å². The van der Waals surface area contributed by atoms with E-state index in [0.29, 0.717) is 5.89 Å².